The Morgan fingerprint density at radius 1 is 1.09 bits per heavy atom. The number of pyridine rings is 1. The highest BCUT2D eigenvalue weighted by Crippen LogP contribution is 2.30. The normalized spacial score (nSPS) is 12.5. The van der Waals surface area contributed by atoms with Gasteiger partial charge in [-0.3, -0.25) is 9.78 Å². The Morgan fingerprint density at radius 2 is 1.85 bits per heavy atom. The van der Waals surface area contributed by atoms with Gasteiger partial charge in [-0.05, 0) is 68.5 Å². The molecule has 1 aliphatic carbocycles. The molecule has 0 aliphatic heterocycles. The van der Waals surface area contributed by atoms with Gasteiger partial charge < -0.3 is 14.4 Å². The number of amides is 1. The van der Waals surface area contributed by atoms with Crippen molar-refractivity contribution in [2.45, 2.75) is 39.0 Å². The Labute approximate surface area is 198 Å². The molecule has 1 amide bonds. The van der Waals surface area contributed by atoms with Crippen LogP contribution in [0.2, 0.25) is 0 Å². The third kappa shape index (κ3) is 5.01. The van der Waals surface area contributed by atoms with Crippen LogP contribution in [0.5, 0.6) is 5.75 Å². The predicted octanol–water partition coefficient (Wildman–Crippen LogP) is 4.62. The zero-order chi connectivity index (χ0) is 23.9. The van der Waals surface area contributed by atoms with E-state index in [1.807, 2.05) is 31.2 Å². The number of nitrogens with zero attached hydrogens (tertiary/aromatic N) is 3. The van der Waals surface area contributed by atoms with Gasteiger partial charge in [-0.15, -0.1) is 0 Å². The quantitative estimate of drug-likeness (QED) is 0.459. The smallest absolute Gasteiger partial charge is 0.339 e. The van der Waals surface area contributed by atoms with Gasteiger partial charge in [0.2, 0.25) is 0 Å². The third-order valence-corrected chi connectivity index (χ3v) is 5.91. The molecule has 0 bridgehead atoms. The molecule has 34 heavy (non-hydrogen) atoms. The standard InChI is InChI=1S/C27H27N3O4/c1-2-33-20-14-12-19(13-15-20)30(17-7-16-28)25(31)18-34-27(32)26-21-8-3-5-10-23(21)29-24-11-6-4-9-22(24)26/h3,5,8,10,12-15H,2,4,6-7,9,11,17-18H2,1H3. The number of hydrogen-bond acceptors (Lipinski definition) is 6. The molecule has 0 atom stereocenters. The maximum Gasteiger partial charge on any atom is 0.339 e. The number of ether oxygens (including phenoxy) is 2. The molecule has 0 saturated heterocycles. The van der Waals surface area contributed by atoms with Crippen molar-refractivity contribution < 1.29 is 19.1 Å². The molecule has 174 valence electrons. The van der Waals surface area contributed by atoms with E-state index in [1.165, 1.54) is 4.90 Å². The number of benzene rings is 2. The van der Waals surface area contributed by atoms with Crippen molar-refractivity contribution in [3.63, 3.8) is 0 Å². The highest BCUT2D eigenvalue weighted by molar-refractivity contribution is 6.06. The molecule has 7 heteroatoms. The van der Waals surface area contributed by atoms with E-state index in [1.54, 1.807) is 24.3 Å². The summed E-state index contributed by atoms with van der Waals surface area (Å²) in [5, 5.41) is 9.78. The van der Waals surface area contributed by atoms with Crippen LogP contribution in [0, 0.1) is 11.3 Å². The summed E-state index contributed by atoms with van der Waals surface area (Å²) in [7, 11) is 0. The largest absolute Gasteiger partial charge is 0.494 e. The van der Waals surface area contributed by atoms with Gasteiger partial charge in [0.15, 0.2) is 6.61 Å². The van der Waals surface area contributed by atoms with Crippen molar-refractivity contribution in [3.05, 3.63) is 65.4 Å². The number of hydrogen-bond donors (Lipinski definition) is 0. The topological polar surface area (TPSA) is 92.5 Å². The van der Waals surface area contributed by atoms with Gasteiger partial charge in [0.05, 0.1) is 30.2 Å². The summed E-state index contributed by atoms with van der Waals surface area (Å²) in [5.41, 5.74) is 3.75. The molecule has 0 unspecified atom stereocenters. The summed E-state index contributed by atoms with van der Waals surface area (Å²) >= 11 is 0. The fourth-order valence-electron chi connectivity index (χ4n) is 4.33. The number of para-hydroxylation sites is 1. The minimum absolute atomic E-state index is 0.162. The lowest BCUT2D eigenvalue weighted by molar-refractivity contribution is -0.121. The summed E-state index contributed by atoms with van der Waals surface area (Å²) in [6, 6.07) is 16.7. The number of esters is 1. The van der Waals surface area contributed by atoms with Gasteiger partial charge in [-0.25, -0.2) is 4.79 Å². The van der Waals surface area contributed by atoms with E-state index in [9.17, 15) is 9.59 Å². The molecular weight excluding hydrogens is 430 g/mol. The number of rotatable bonds is 8. The zero-order valence-corrected chi connectivity index (χ0v) is 19.3. The van der Waals surface area contributed by atoms with Crippen LogP contribution in [0.4, 0.5) is 5.69 Å². The van der Waals surface area contributed by atoms with Gasteiger partial charge in [-0.1, -0.05) is 18.2 Å². The van der Waals surface area contributed by atoms with E-state index in [0.717, 1.165) is 47.8 Å². The van der Waals surface area contributed by atoms with Crippen LogP contribution in [0.3, 0.4) is 0 Å². The Kier molecular flexibility index (Phi) is 7.38. The van der Waals surface area contributed by atoms with Gasteiger partial charge in [-0.2, -0.15) is 5.26 Å². The number of aromatic nitrogens is 1. The molecule has 3 aromatic rings. The average Bonchev–Trinajstić information content (AvgIpc) is 2.87. The van der Waals surface area contributed by atoms with Crippen molar-refractivity contribution >= 4 is 28.5 Å². The maximum absolute atomic E-state index is 13.2. The first kappa shape index (κ1) is 23.2. The van der Waals surface area contributed by atoms with Crippen LogP contribution < -0.4 is 9.64 Å². The SMILES string of the molecule is CCOc1ccc(N(CCC#N)C(=O)COC(=O)c2c3c(nc4ccccc24)CCCC3)cc1. The summed E-state index contributed by atoms with van der Waals surface area (Å²) in [6.07, 6.45) is 3.80. The van der Waals surface area contributed by atoms with E-state index in [-0.39, 0.29) is 18.9 Å². The van der Waals surface area contributed by atoms with Crippen LogP contribution in [-0.4, -0.2) is 36.6 Å². The second kappa shape index (κ2) is 10.8. The first-order chi connectivity index (χ1) is 16.6. The number of fused-ring (bicyclic) bond motifs is 2. The molecule has 2 aromatic carbocycles. The maximum atomic E-state index is 13.2. The molecular formula is C27H27N3O4. The van der Waals surface area contributed by atoms with Crippen molar-refractivity contribution in [2.75, 3.05) is 24.7 Å². The monoisotopic (exact) mass is 457 g/mol. The van der Waals surface area contributed by atoms with Gasteiger partial charge in [0.1, 0.15) is 5.75 Å². The molecule has 0 N–H and O–H groups in total. The number of anilines is 1. The van der Waals surface area contributed by atoms with Crippen molar-refractivity contribution in [3.8, 4) is 11.8 Å². The van der Waals surface area contributed by atoms with Crippen molar-refractivity contribution in [2.24, 2.45) is 0 Å². The van der Waals surface area contributed by atoms with Crippen molar-refractivity contribution in [1.82, 2.24) is 4.98 Å². The van der Waals surface area contributed by atoms with Crippen molar-refractivity contribution in [1.29, 1.82) is 5.26 Å². The van der Waals surface area contributed by atoms with Gasteiger partial charge in [0, 0.05) is 23.3 Å². The molecule has 1 aromatic heterocycles. The number of nitriles is 1. The minimum atomic E-state index is -0.517. The van der Waals surface area contributed by atoms with E-state index < -0.39 is 12.6 Å². The molecule has 0 fully saturated rings. The van der Waals surface area contributed by atoms with Crippen LogP contribution in [0.15, 0.2) is 48.5 Å². The molecule has 0 radical (unpaired) electrons. The van der Waals surface area contributed by atoms with E-state index in [0.29, 0.717) is 23.6 Å². The third-order valence-electron chi connectivity index (χ3n) is 5.91. The minimum Gasteiger partial charge on any atom is -0.494 e. The molecule has 1 aliphatic rings. The van der Waals surface area contributed by atoms with E-state index in [2.05, 4.69) is 6.07 Å². The van der Waals surface area contributed by atoms with Gasteiger partial charge in [0.25, 0.3) is 5.91 Å². The first-order valence-corrected chi connectivity index (χ1v) is 11.6. The van der Waals surface area contributed by atoms with Crippen LogP contribution in [-0.2, 0) is 22.4 Å². The van der Waals surface area contributed by atoms with Crippen LogP contribution >= 0.6 is 0 Å². The second-order valence-corrected chi connectivity index (χ2v) is 8.09. The molecule has 0 saturated carbocycles. The fraction of sp³-hybridized carbons (Fsp3) is 0.333. The summed E-state index contributed by atoms with van der Waals surface area (Å²) < 4.78 is 11.0. The number of carbonyl (C=O) groups is 2. The zero-order valence-electron chi connectivity index (χ0n) is 19.3. The lowest BCUT2D eigenvalue weighted by Crippen LogP contribution is -2.35. The Bertz CT molecular complexity index is 1230. The number of aryl methyl sites for hydroxylation is 1. The van der Waals surface area contributed by atoms with Crippen LogP contribution in [0.1, 0.15) is 47.8 Å². The summed E-state index contributed by atoms with van der Waals surface area (Å²) in [6.45, 7) is 2.23. The fourth-order valence-corrected chi connectivity index (χ4v) is 4.33. The van der Waals surface area contributed by atoms with Crippen LogP contribution in [0.25, 0.3) is 10.9 Å². The first-order valence-electron chi connectivity index (χ1n) is 11.6. The Balaban J connectivity index is 1.55. The highest BCUT2D eigenvalue weighted by Gasteiger charge is 2.25. The Hall–Kier alpha value is -3.92. The van der Waals surface area contributed by atoms with Gasteiger partial charge >= 0.3 is 5.97 Å². The summed E-state index contributed by atoms with van der Waals surface area (Å²) in [5.74, 6) is -0.211. The van der Waals surface area contributed by atoms with E-state index in [4.69, 9.17) is 19.7 Å². The predicted molar refractivity (Wildman–Crippen MR) is 129 cm³/mol. The molecule has 0 spiro atoms. The lowest BCUT2D eigenvalue weighted by atomic mass is 9.90. The van der Waals surface area contributed by atoms with E-state index >= 15 is 0 Å². The highest BCUT2D eigenvalue weighted by atomic mass is 16.5. The lowest BCUT2D eigenvalue weighted by Gasteiger charge is -2.23. The second-order valence-electron chi connectivity index (χ2n) is 8.09. The average molecular weight is 458 g/mol. The number of carbonyl (C=O) groups excluding carboxylic acids is 2. The Morgan fingerprint density at radius 3 is 2.62 bits per heavy atom. The molecule has 7 nitrogen and oxygen atoms in total. The summed E-state index contributed by atoms with van der Waals surface area (Å²) in [4.78, 5) is 32.5. The molecule has 1 heterocycles. The molecule has 4 rings (SSSR count).